The molecule has 1 aromatic heterocycles. The molecule has 0 radical (unpaired) electrons. The first-order valence-electron chi connectivity index (χ1n) is 8.75. The number of hydrogen-bond donors (Lipinski definition) is 1. The zero-order valence-corrected chi connectivity index (χ0v) is 14.3. The van der Waals surface area contributed by atoms with Crippen molar-refractivity contribution >= 4 is 22.5 Å². The first-order valence-corrected chi connectivity index (χ1v) is 8.75. The molecule has 3 aromatic rings. The van der Waals surface area contributed by atoms with E-state index in [4.69, 9.17) is 0 Å². The van der Waals surface area contributed by atoms with Gasteiger partial charge in [0.25, 0.3) is 5.91 Å². The molecule has 0 saturated carbocycles. The molecule has 1 saturated heterocycles. The summed E-state index contributed by atoms with van der Waals surface area (Å²) in [5.74, 6) is 0.258. The van der Waals surface area contributed by atoms with E-state index in [1.807, 2.05) is 24.3 Å². The second-order valence-electron chi connectivity index (χ2n) is 6.42. The Morgan fingerprint density at radius 3 is 2.42 bits per heavy atom. The lowest BCUT2D eigenvalue weighted by Crippen LogP contribution is -2.26. The van der Waals surface area contributed by atoms with Gasteiger partial charge < -0.3 is 10.2 Å². The molecule has 0 spiro atoms. The van der Waals surface area contributed by atoms with Crippen LogP contribution >= 0.6 is 0 Å². The van der Waals surface area contributed by atoms with E-state index in [-0.39, 0.29) is 11.7 Å². The number of halogens is 1. The lowest BCUT2D eigenvalue weighted by molar-refractivity contribution is 0.0947. The summed E-state index contributed by atoms with van der Waals surface area (Å²) >= 11 is 0. The highest BCUT2D eigenvalue weighted by Gasteiger charge is 2.20. The summed E-state index contributed by atoms with van der Waals surface area (Å²) in [6.45, 7) is 2.24. The van der Waals surface area contributed by atoms with Crippen molar-refractivity contribution in [2.24, 2.45) is 0 Å². The molecule has 4 rings (SSSR count). The Kier molecular flexibility index (Phi) is 4.48. The molecule has 1 amide bonds. The molecule has 5 nitrogen and oxygen atoms in total. The monoisotopic (exact) mass is 350 g/mol. The smallest absolute Gasteiger partial charge is 0.272 e. The molecule has 0 unspecified atom stereocenters. The van der Waals surface area contributed by atoms with Crippen molar-refractivity contribution in [2.45, 2.75) is 19.4 Å². The molecule has 2 heterocycles. The molecule has 1 N–H and O–H groups in total. The van der Waals surface area contributed by atoms with Gasteiger partial charge in [-0.3, -0.25) is 4.79 Å². The van der Waals surface area contributed by atoms with E-state index in [9.17, 15) is 9.18 Å². The minimum atomic E-state index is -0.297. The Morgan fingerprint density at radius 1 is 1.00 bits per heavy atom. The SMILES string of the molecule is O=C(NCc1ccc(F)cc1)c1nnc(N2CCCC2)c2ccccc12. The zero-order chi connectivity index (χ0) is 17.9. The largest absolute Gasteiger partial charge is 0.355 e. The van der Waals surface area contributed by atoms with Crippen LogP contribution in [0.15, 0.2) is 48.5 Å². The third kappa shape index (κ3) is 3.22. The first-order chi connectivity index (χ1) is 12.7. The molecule has 1 aliphatic heterocycles. The molecule has 26 heavy (non-hydrogen) atoms. The average Bonchev–Trinajstić information content (AvgIpc) is 3.21. The fraction of sp³-hybridized carbons (Fsp3) is 0.250. The highest BCUT2D eigenvalue weighted by atomic mass is 19.1. The second-order valence-corrected chi connectivity index (χ2v) is 6.42. The summed E-state index contributed by atoms with van der Waals surface area (Å²) in [7, 11) is 0. The van der Waals surface area contributed by atoms with Gasteiger partial charge in [0.1, 0.15) is 5.82 Å². The van der Waals surface area contributed by atoms with E-state index in [2.05, 4.69) is 20.4 Å². The Morgan fingerprint density at radius 2 is 1.69 bits per heavy atom. The maximum atomic E-state index is 13.0. The molecule has 6 heteroatoms. The Bertz CT molecular complexity index is 936. The number of aromatic nitrogens is 2. The third-order valence-corrected chi connectivity index (χ3v) is 4.65. The van der Waals surface area contributed by atoms with Crippen LogP contribution in [0.25, 0.3) is 10.8 Å². The predicted molar refractivity (Wildman–Crippen MR) is 98.6 cm³/mol. The van der Waals surface area contributed by atoms with Gasteiger partial charge in [-0.2, -0.15) is 0 Å². The molecule has 1 aliphatic rings. The summed E-state index contributed by atoms with van der Waals surface area (Å²) in [4.78, 5) is 14.8. The Labute approximate surface area is 150 Å². The number of nitrogens with one attached hydrogen (secondary N) is 1. The quantitative estimate of drug-likeness (QED) is 0.784. The van der Waals surface area contributed by atoms with Crippen molar-refractivity contribution in [1.29, 1.82) is 0 Å². The summed E-state index contributed by atoms with van der Waals surface area (Å²) in [5.41, 5.74) is 1.14. The summed E-state index contributed by atoms with van der Waals surface area (Å²) in [6.07, 6.45) is 2.30. The predicted octanol–water partition coefficient (Wildman–Crippen LogP) is 3.30. The topological polar surface area (TPSA) is 58.1 Å². The lowest BCUT2D eigenvalue weighted by Gasteiger charge is -2.18. The van der Waals surface area contributed by atoms with Gasteiger partial charge in [-0.1, -0.05) is 36.4 Å². The van der Waals surface area contributed by atoms with Crippen LogP contribution in [-0.4, -0.2) is 29.2 Å². The fourth-order valence-electron chi connectivity index (χ4n) is 3.29. The lowest BCUT2D eigenvalue weighted by atomic mass is 10.1. The summed E-state index contributed by atoms with van der Waals surface area (Å²) in [6, 6.07) is 13.8. The van der Waals surface area contributed by atoms with E-state index in [0.717, 1.165) is 48.1 Å². The number of nitrogens with zero attached hydrogens (tertiary/aromatic N) is 3. The van der Waals surface area contributed by atoms with Gasteiger partial charge in [0.05, 0.1) is 0 Å². The van der Waals surface area contributed by atoms with Crippen LogP contribution in [0.3, 0.4) is 0 Å². The number of carbonyl (C=O) groups excluding carboxylic acids is 1. The summed E-state index contributed by atoms with van der Waals surface area (Å²) < 4.78 is 13.0. The molecule has 1 fully saturated rings. The summed E-state index contributed by atoms with van der Waals surface area (Å²) in [5, 5.41) is 13.1. The fourth-order valence-corrected chi connectivity index (χ4v) is 3.29. The van der Waals surface area contributed by atoms with Gasteiger partial charge in [-0.15, -0.1) is 10.2 Å². The molecular weight excluding hydrogens is 331 g/mol. The van der Waals surface area contributed by atoms with Crippen LogP contribution in [0.4, 0.5) is 10.2 Å². The van der Waals surface area contributed by atoms with Crippen molar-refractivity contribution < 1.29 is 9.18 Å². The van der Waals surface area contributed by atoms with Gasteiger partial charge in [0.15, 0.2) is 11.5 Å². The number of amides is 1. The Hall–Kier alpha value is -3.02. The van der Waals surface area contributed by atoms with Crippen LogP contribution < -0.4 is 10.2 Å². The third-order valence-electron chi connectivity index (χ3n) is 4.65. The van der Waals surface area contributed by atoms with E-state index in [1.54, 1.807) is 12.1 Å². The molecule has 0 atom stereocenters. The molecular formula is C20H19FN4O. The number of fused-ring (bicyclic) bond motifs is 1. The van der Waals surface area contributed by atoms with Crippen LogP contribution in [-0.2, 0) is 6.54 Å². The molecule has 0 aliphatic carbocycles. The van der Waals surface area contributed by atoms with E-state index >= 15 is 0 Å². The highest BCUT2D eigenvalue weighted by Crippen LogP contribution is 2.28. The molecule has 2 aromatic carbocycles. The van der Waals surface area contributed by atoms with Crippen molar-refractivity contribution in [1.82, 2.24) is 15.5 Å². The maximum Gasteiger partial charge on any atom is 0.272 e. The van der Waals surface area contributed by atoms with Crippen molar-refractivity contribution in [3.8, 4) is 0 Å². The van der Waals surface area contributed by atoms with Crippen molar-refractivity contribution in [3.63, 3.8) is 0 Å². The zero-order valence-electron chi connectivity index (χ0n) is 14.3. The molecule has 0 bridgehead atoms. The van der Waals surface area contributed by atoms with Crippen LogP contribution in [0.5, 0.6) is 0 Å². The average molecular weight is 350 g/mol. The van der Waals surface area contributed by atoms with Crippen LogP contribution in [0, 0.1) is 5.82 Å². The number of carbonyl (C=O) groups is 1. The number of rotatable bonds is 4. The second kappa shape index (κ2) is 7.07. The van der Waals surface area contributed by atoms with Crippen molar-refractivity contribution in [3.05, 3.63) is 65.6 Å². The minimum absolute atomic E-state index is 0.286. The van der Waals surface area contributed by atoms with Gasteiger partial charge in [0.2, 0.25) is 0 Å². The van der Waals surface area contributed by atoms with Crippen LogP contribution in [0.2, 0.25) is 0 Å². The Balaban J connectivity index is 1.60. The number of benzene rings is 2. The van der Waals surface area contributed by atoms with Gasteiger partial charge in [0, 0.05) is 30.4 Å². The van der Waals surface area contributed by atoms with Gasteiger partial charge in [-0.25, -0.2) is 4.39 Å². The van der Waals surface area contributed by atoms with Crippen LogP contribution in [0.1, 0.15) is 28.9 Å². The van der Waals surface area contributed by atoms with Gasteiger partial charge >= 0.3 is 0 Å². The highest BCUT2D eigenvalue weighted by molar-refractivity contribution is 6.07. The standard InChI is InChI=1S/C20H19FN4O/c21-15-9-7-14(8-10-15)13-22-20(26)18-16-5-1-2-6-17(16)19(24-23-18)25-11-3-4-12-25/h1-2,5-10H,3-4,11-13H2,(H,22,26). The van der Waals surface area contributed by atoms with Crippen molar-refractivity contribution in [2.75, 3.05) is 18.0 Å². The first kappa shape index (κ1) is 16.4. The van der Waals surface area contributed by atoms with E-state index in [1.165, 1.54) is 12.1 Å². The number of anilines is 1. The minimum Gasteiger partial charge on any atom is -0.355 e. The van der Waals surface area contributed by atoms with E-state index in [0.29, 0.717) is 12.2 Å². The van der Waals surface area contributed by atoms with Gasteiger partial charge in [-0.05, 0) is 30.5 Å². The number of hydrogen-bond acceptors (Lipinski definition) is 4. The van der Waals surface area contributed by atoms with E-state index < -0.39 is 0 Å². The molecule has 132 valence electrons. The maximum absolute atomic E-state index is 13.0. The normalized spacial score (nSPS) is 14.0.